The highest BCUT2D eigenvalue weighted by molar-refractivity contribution is 5.10. The summed E-state index contributed by atoms with van der Waals surface area (Å²) < 4.78 is 3.82. The molecule has 2 heterocycles. The van der Waals surface area contributed by atoms with Gasteiger partial charge in [-0.3, -0.25) is 4.68 Å². The third kappa shape index (κ3) is 3.20. The maximum Gasteiger partial charge on any atom is 0.0947 e. The van der Waals surface area contributed by atoms with Crippen LogP contribution in [0.4, 0.5) is 0 Å². The van der Waals surface area contributed by atoms with Crippen LogP contribution in [0.2, 0.25) is 0 Å². The van der Waals surface area contributed by atoms with Crippen molar-refractivity contribution >= 4 is 0 Å². The fourth-order valence-corrected chi connectivity index (χ4v) is 1.99. The molecule has 0 spiro atoms. The largest absolute Gasteiger partial charge is 0.340 e. The Morgan fingerprint density at radius 1 is 1.39 bits per heavy atom. The summed E-state index contributed by atoms with van der Waals surface area (Å²) in [4.78, 5) is 4.44. The first-order valence-corrected chi connectivity index (χ1v) is 6.38. The molecule has 2 aromatic rings. The number of hydrogen-bond donors (Lipinski definition) is 1. The van der Waals surface area contributed by atoms with Crippen molar-refractivity contribution < 1.29 is 0 Å². The Hall–Kier alpha value is -1.62. The molecule has 0 aliphatic rings. The van der Waals surface area contributed by atoms with Crippen LogP contribution in [-0.2, 0) is 20.5 Å². The van der Waals surface area contributed by atoms with Crippen LogP contribution in [0.15, 0.2) is 24.8 Å². The molecule has 0 fully saturated rings. The summed E-state index contributed by atoms with van der Waals surface area (Å²) in [6.45, 7) is 3.16. The zero-order chi connectivity index (χ0) is 13.0. The van der Waals surface area contributed by atoms with Crippen LogP contribution in [0.1, 0.15) is 30.8 Å². The first-order chi connectivity index (χ1) is 8.69. The number of nitrogens with one attached hydrogen (secondary N) is 1. The van der Waals surface area contributed by atoms with Gasteiger partial charge in [-0.25, -0.2) is 4.98 Å². The Kier molecular flexibility index (Phi) is 4.15. The lowest BCUT2D eigenvalue weighted by atomic mass is 10.1. The SMILES string of the molecule is CCCNC(Cc1ccn(C)n1)c1cn(C)cn1. The molecule has 0 amide bonds. The summed E-state index contributed by atoms with van der Waals surface area (Å²) in [6.07, 6.45) is 7.87. The molecule has 5 heteroatoms. The molecule has 1 N–H and O–H groups in total. The first-order valence-electron chi connectivity index (χ1n) is 6.38. The summed E-state index contributed by atoms with van der Waals surface area (Å²) in [5.74, 6) is 0. The molecule has 5 nitrogen and oxygen atoms in total. The predicted molar refractivity (Wildman–Crippen MR) is 71.2 cm³/mol. The number of rotatable bonds is 6. The van der Waals surface area contributed by atoms with E-state index in [1.807, 2.05) is 35.9 Å². The Morgan fingerprint density at radius 2 is 2.22 bits per heavy atom. The van der Waals surface area contributed by atoms with Crippen molar-refractivity contribution in [3.05, 3.63) is 36.2 Å². The van der Waals surface area contributed by atoms with E-state index in [0.29, 0.717) is 0 Å². The molecule has 18 heavy (non-hydrogen) atoms. The van der Waals surface area contributed by atoms with Crippen molar-refractivity contribution in [2.45, 2.75) is 25.8 Å². The van der Waals surface area contributed by atoms with E-state index in [4.69, 9.17) is 0 Å². The zero-order valence-corrected chi connectivity index (χ0v) is 11.3. The molecule has 2 aromatic heterocycles. The number of nitrogens with zero attached hydrogens (tertiary/aromatic N) is 4. The fourth-order valence-electron chi connectivity index (χ4n) is 1.99. The lowest BCUT2D eigenvalue weighted by Gasteiger charge is -2.15. The van der Waals surface area contributed by atoms with Gasteiger partial charge in [0.05, 0.1) is 23.8 Å². The Balaban J connectivity index is 2.09. The summed E-state index contributed by atoms with van der Waals surface area (Å²) in [6, 6.07) is 2.30. The van der Waals surface area contributed by atoms with E-state index in [2.05, 4.69) is 34.6 Å². The predicted octanol–water partition coefficient (Wildman–Crippen LogP) is 1.44. The molecule has 1 unspecified atom stereocenters. The molecular weight excluding hydrogens is 226 g/mol. The van der Waals surface area contributed by atoms with Crippen LogP contribution in [0.5, 0.6) is 0 Å². The highest BCUT2D eigenvalue weighted by atomic mass is 15.2. The van der Waals surface area contributed by atoms with E-state index in [9.17, 15) is 0 Å². The summed E-state index contributed by atoms with van der Waals surface area (Å²) >= 11 is 0. The Bertz CT molecular complexity index is 485. The van der Waals surface area contributed by atoms with Crippen molar-refractivity contribution in [1.29, 1.82) is 0 Å². The Morgan fingerprint density at radius 3 is 2.78 bits per heavy atom. The standard InChI is InChI=1S/C13H21N5/c1-4-6-14-12(13-9-17(2)10-15-13)8-11-5-7-18(3)16-11/h5,7,9-10,12,14H,4,6,8H2,1-3H3. The van der Waals surface area contributed by atoms with Crippen molar-refractivity contribution in [2.24, 2.45) is 14.1 Å². The molecule has 0 radical (unpaired) electrons. The highest BCUT2D eigenvalue weighted by Gasteiger charge is 2.15. The topological polar surface area (TPSA) is 47.7 Å². The van der Waals surface area contributed by atoms with E-state index in [-0.39, 0.29) is 6.04 Å². The second-order valence-corrected chi connectivity index (χ2v) is 4.66. The molecule has 0 aliphatic heterocycles. The third-order valence-corrected chi connectivity index (χ3v) is 2.90. The average Bonchev–Trinajstić information content (AvgIpc) is 2.93. The van der Waals surface area contributed by atoms with Crippen molar-refractivity contribution in [1.82, 2.24) is 24.6 Å². The number of imidazole rings is 1. The van der Waals surface area contributed by atoms with Crippen molar-refractivity contribution in [2.75, 3.05) is 6.54 Å². The molecular formula is C13H21N5. The molecule has 0 aromatic carbocycles. The van der Waals surface area contributed by atoms with Crippen LogP contribution < -0.4 is 5.32 Å². The maximum atomic E-state index is 4.44. The van der Waals surface area contributed by atoms with Crippen LogP contribution in [0.25, 0.3) is 0 Å². The molecule has 1 atom stereocenters. The summed E-state index contributed by atoms with van der Waals surface area (Å²) in [5.41, 5.74) is 2.17. The van der Waals surface area contributed by atoms with Gasteiger partial charge in [0.1, 0.15) is 0 Å². The van der Waals surface area contributed by atoms with Gasteiger partial charge in [-0.2, -0.15) is 5.10 Å². The van der Waals surface area contributed by atoms with E-state index in [0.717, 1.165) is 30.8 Å². The molecule has 0 bridgehead atoms. The lowest BCUT2D eigenvalue weighted by molar-refractivity contribution is 0.511. The highest BCUT2D eigenvalue weighted by Crippen LogP contribution is 2.15. The first kappa shape index (κ1) is 12.8. The average molecular weight is 247 g/mol. The van der Waals surface area contributed by atoms with E-state index >= 15 is 0 Å². The minimum Gasteiger partial charge on any atom is -0.340 e. The number of hydrogen-bond acceptors (Lipinski definition) is 3. The number of aromatic nitrogens is 4. The lowest BCUT2D eigenvalue weighted by Crippen LogP contribution is -2.24. The van der Waals surface area contributed by atoms with Gasteiger partial charge in [0.15, 0.2) is 0 Å². The van der Waals surface area contributed by atoms with Crippen LogP contribution in [0.3, 0.4) is 0 Å². The quantitative estimate of drug-likeness (QED) is 0.840. The molecule has 2 rings (SSSR count). The van der Waals surface area contributed by atoms with Crippen LogP contribution in [0, 0.1) is 0 Å². The van der Waals surface area contributed by atoms with Crippen LogP contribution >= 0.6 is 0 Å². The molecule has 0 saturated carbocycles. The van der Waals surface area contributed by atoms with Gasteiger partial charge < -0.3 is 9.88 Å². The number of aryl methyl sites for hydroxylation is 2. The zero-order valence-electron chi connectivity index (χ0n) is 11.3. The van der Waals surface area contributed by atoms with E-state index < -0.39 is 0 Å². The fraction of sp³-hybridized carbons (Fsp3) is 0.538. The van der Waals surface area contributed by atoms with Gasteiger partial charge in [-0.05, 0) is 19.0 Å². The van der Waals surface area contributed by atoms with Gasteiger partial charge in [-0.15, -0.1) is 0 Å². The minimum absolute atomic E-state index is 0.237. The monoisotopic (exact) mass is 247 g/mol. The smallest absolute Gasteiger partial charge is 0.0947 e. The normalized spacial score (nSPS) is 12.8. The molecule has 98 valence electrons. The van der Waals surface area contributed by atoms with Gasteiger partial charge in [0, 0.05) is 32.9 Å². The van der Waals surface area contributed by atoms with Crippen molar-refractivity contribution in [3.63, 3.8) is 0 Å². The Labute approximate surface area is 108 Å². The van der Waals surface area contributed by atoms with E-state index in [1.165, 1.54) is 0 Å². The van der Waals surface area contributed by atoms with Gasteiger partial charge in [0.25, 0.3) is 0 Å². The second kappa shape index (κ2) is 5.82. The third-order valence-electron chi connectivity index (χ3n) is 2.90. The van der Waals surface area contributed by atoms with Gasteiger partial charge >= 0.3 is 0 Å². The van der Waals surface area contributed by atoms with Crippen molar-refractivity contribution in [3.8, 4) is 0 Å². The second-order valence-electron chi connectivity index (χ2n) is 4.66. The molecule has 0 aliphatic carbocycles. The maximum absolute atomic E-state index is 4.44. The molecule has 0 saturated heterocycles. The van der Waals surface area contributed by atoms with Gasteiger partial charge in [-0.1, -0.05) is 6.92 Å². The minimum atomic E-state index is 0.237. The van der Waals surface area contributed by atoms with E-state index in [1.54, 1.807) is 0 Å². The summed E-state index contributed by atoms with van der Waals surface area (Å²) in [7, 11) is 3.94. The summed E-state index contributed by atoms with van der Waals surface area (Å²) in [5, 5.41) is 7.96. The van der Waals surface area contributed by atoms with Crippen LogP contribution in [-0.4, -0.2) is 25.9 Å². The van der Waals surface area contributed by atoms with Gasteiger partial charge in [0.2, 0.25) is 0 Å².